The number of hydrogen-bond donors (Lipinski definition) is 2. The second-order valence-electron chi connectivity index (χ2n) is 6.09. The van der Waals surface area contributed by atoms with Gasteiger partial charge in [0.05, 0.1) is 13.7 Å². The summed E-state index contributed by atoms with van der Waals surface area (Å²) in [6, 6.07) is 9.83. The number of amides is 1. The summed E-state index contributed by atoms with van der Waals surface area (Å²) in [6.45, 7) is 3.23. The molecule has 2 aromatic rings. The highest BCUT2D eigenvalue weighted by Crippen LogP contribution is 2.18. The van der Waals surface area contributed by atoms with Crippen LogP contribution in [0, 0.1) is 12.7 Å². The van der Waals surface area contributed by atoms with Gasteiger partial charge in [0.15, 0.2) is 6.04 Å². The number of carbonyl (C=O) groups excluding carboxylic acids is 1. The highest BCUT2D eigenvalue weighted by Gasteiger charge is 2.25. The number of nitrogens with one attached hydrogen (secondary N) is 1. The van der Waals surface area contributed by atoms with Gasteiger partial charge in [-0.05, 0) is 48.7 Å². The van der Waals surface area contributed by atoms with Gasteiger partial charge in [0.25, 0.3) is 0 Å². The quantitative estimate of drug-likeness (QED) is 0.741. The van der Waals surface area contributed by atoms with Crippen LogP contribution in [0.15, 0.2) is 42.5 Å². The Bertz CT molecular complexity index is 824. The minimum Gasteiger partial charge on any atom is -0.497 e. The van der Waals surface area contributed by atoms with Crippen molar-refractivity contribution >= 4 is 11.9 Å². The highest BCUT2D eigenvalue weighted by molar-refractivity contribution is 5.86. The summed E-state index contributed by atoms with van der Waals surface area (Å²) in [6.07, 6.45) is -0.875. The molecule has 2 rings (SSSR count). The molecular weight excluding hydrogens is 353 g/mol. The zero-order chi connectivity index (χ0) is 20.0. The summed E-state index contributed by atoms with van der Waals surface area (Å²) in [5.41, 5.74) is 1.41. The van der Waals surface area contributed by atoms with Gasteiger partial charge in [-0.15, -0.1) is 0 Å². The minimum absolute atomic E-state index is 0.166. The summed E-state index contributed by atoms with van der Waals surface area (Å²) in [5, 5.41) is 11.8. The summed E-state index contributed by atoms with van der Waals surface area (Å²) in [4.78, 5) is 23.9. The molecule has 27 heavy (non-hydrogen) atoms. The van der Waals surface area contributed by atoms with Crippen LogP contribution in [-0.2, 0) is 20.9 Å². The lowest BCUT2D eigenvalue weighted by Gasteiger charge is -2.19. The Morgan fingerprint density at radius 2 is 1.96 bits per heavy atom. The van der Waals surface area contributed by atoms with Crippen molar-refractivity contribution in [2.75, 3.05) is 7.11 Å². The van der Waals surface area contributed by atoms with E-state index in [1.807, 2.05) is 6.07 Å². The molecule has 0 bridgehead atoms. The predicted molar refractivity (Wildman–Crippen MR) is 96.9 cm³/mol. The molecule has 1 amide bonds. The molecule has 0 saturated heterocycles. The molecule has 0 aliphatic rings. The topological polar surface area (TPSA) is 84.9 Å². The smallest absolute Gasteiger partial charge is 0.330 e. The Hall–Kier alpha value is -2.93. The fourth-order valence-corrected chi connectivity index (χ4v) is 2.45. The second-order valence-corrected chi connectivity index (χ2v) is 6.09. The average Bonchev–Trinajstić information content (AvgIpc) is 2.66. The first-order valence-corrected chi connectivity index (χ1v) is 8.35. The number of ether oxygens (including phenoxy) is 2. The van der Waals surface area contributed by atoms with Gasteiger partial charge in [-0.3, -0.25) is 4.79 Å². The van der Waals surface area contributed by atoms with Gasteiger partial charge >= 0.3 is 5.97 Å². The third-order valence-corrected chi connectivity index (χ3v) is 4.05. The number of rotatable bonds is 8. The van der Waals surface area contributed by atoms with E-state index in [1.54, 1.807) is 25.3 Å². The molecule has 2 N–H and O–H groups in total. The van der Waals surface area contributed by atoms with E-state index in [9.17, 15) is 19.1 Å². The first kappa shape index (κ1) is 20.4. The fourth-order valence-electron chi connectivity index (χ4n) is 2.45. The van der Waals surface area contributed by atoms with Crippen molar-refractivity contribution in [1.82, 2.24) is 5.32 Å². The summed E-state index contributed by atoms with van der Waals surface area (Å²) >= 11 is 0. The van der Waals surface area contributed by atoms with E-state index in [1.165, 1.54) is 32.0 Å². The molecule has 0 saturated carbocycles. The van der Waals surface area contributed by atoms with Crippen molar-refractivity contribution < 1.29 is 28.6 Å². The monoisotopic (exact) mass is 375 g/mol. The normalized spacial score (nSPS) is 12.9. The number of benzene rings is 2. The number of carboxylic acids is 1. The van der Waals surface area contributed by atoms with Crippen molar-refractivity contribution in [3.05, 3.63) is 65.0 Å². The summed E-state index contributed by atoms with van der Waals surface area (Å²) in [5.74, 6) is -1.59. The van der Waals surface area contributed by atoms with Crippen LogP contribution in [0.1, 0.15) is 29.7 Å². The lowest BCUT2D eigenvalue weighted by molar-refractivity contribution is -0.144. The molecule has 0 aromatic heterocycles. The number of methoxy groups -OCH3 is 1. The van der Waals surface area contributed by atoms with Gasteiger partial charge in [-0.25, -0.2) is 9.18 Å². The first-order valence-electron chi connectivity index (χ1n) is 8.35. The number of carboxylic acid groups (broad SMARTS) is 1. The largest absolute Gasteiger partial charge is 0.497 e. The third kappa shape index (κ3) is 5.52. The average molecular weight is 375 g/mol. The molecule has 144 valence electrons. The van der Waals surface area contributed by atoms with Crippen LogP contribution in [0.2, 0.25) is 0 Å². The summed E-state index contributed by atoms with van der Waals surface area (Å²) in [7, 11) is 1.55. The molecule has 0 radical (unpaired) electrons. The van der Waals surface area contributed by atoms with Crippen LogP contribution < -0.4 is 10.1 Å². The maximum Gasteiger partial charge on any atom is 0.330 e. The van der Waals surface area contributed by atoms with Crippen LogP contribution in [0.3, 0.4) is 0 Å². The van der Waals surface area contributed by atoms with E-state index in [2.05, 4.69) is 5.32 Å². The van der Waals surface area contributed by atoms with Crippen molar-refractivity contribution in [3.63, 3.8) is 0 Å². The van der Waals surface area contributed by atoms with Crippen LogP contribution >= 0.6 is 0 Å². The molecule has 6 nitrogen and oxygen atoms in total. The molecule has 7 heteroatoms. The Labute approximate surface area is 156 Å². The van der Waals surface area contributed by atoms with Crippen LogP contribution in [-0.4, -0.2) is 30.2 Å². The SMILES string of the molecule is COc1cccc(COC(C)C(=O)NC(C(=O)O)c2ccc(F)c(C)c2)c1. The molecule has 2 aromatic carbocycles. The number of carbonyl (C=O) groups is 2. The lowest BCUT2D eigenvalue weighted by atomic mass is 10.0. The minimum atomic E-state index is -1.29. The maximum absolute atomic E-state index is 13.4. The van der Waals surface area contributed by atoms with Crippen LogP contribution in [0.4, 0.5) is 4.39 Å². The van der Waals surface area contributed by atoms with Crippen molar-refractivity contribution in [1.29, 1.82) is 0 Å². The molecule has 0 spiro atoms. The molecule has 0 fully saturated rings. The third-order valence-electron chi connectivity index (χ3n) is 4.05. The Morgan fingerprint density at radius 3 is 2.59 bits per heavy atom. The van der Waals surface area contributed by atoms with Gasteiger partial charge in [-0.2, -0.15) is 0 Å². The standard InChI is InChI=1S/C20H22FNO5/c1-12-9-15(7-8-17(12)21)18(20(24)25)22-19(23)13(2)27-11-14-5-4-6-16(10-14)26-3/h4-10,13,18H,11H2,1-3H3,(H,22,23)(H,24,25). The Balaban J connectivity index is 2.01. The molecular formula is C20H22FNO5. The van der Waals surface area contributed by atoms with E-state index >= 15 is 0 Å². The highest BCUT2D eigenvalue weighted by atomic mass is 19.1. The van der Waals surface area contributed by atoms with E-state index in [4.69, 9.17) is 9.47 Å². The number of hydrogen-bond acceptors (Lipinski definition) is 4. The lowest BCUT2D eigenvalue weighted by Crippen LogP contribution is -2.40. The Morgan fingerprint density at radius 1 is 1.22 bits per heavy atom. The molecule has 2 unspecified atom stereocenters. The maximum atomic E-state index is 13.4. The van der Waals surface area contributed by atoms with E-state index in [0.717, 1.165) is 5.56 Å². The first-order chi connectivity index (χ1) is 12.8. The van der Waals surface area contributed by atoms with Crippen LogP contribution in [0.25, 0.3) is 0 Å². The van der Waals surface area contributed by atoms with Gasteiger partial charge in [0, 0.05) is 0 Å². The predicted octanol–water partition coefficient (Wildman–Crippen LogP) is 2.99. The zero-order valence-electron chi connectivity index (χ0n) is 15.4. The van der Waals surface area contributed by atoms with E-state index < -0.39 is 29.8 Å². The zero-order valence-corrected chi connectivity index (χ0v) is 15.4. The molecule has 0 heterocycles. The van der Waals surface area contributed by atoms with Gasteiger partial charge in [0.2, 0.25) is 5.91 Å². The summed E-state index contributed by atoms with van der Waals surface area (Å²) < 4.78 is 24.1. The molecule has 0 aliphatic carbocycles. The number of halogens is 1. The van der Waals surface area contributed by atoms with Gasteiger partial charge < -0.3 is 19.9 Å². The molecule has 2 atom stereocenters. The Kier molecular flexibility index (Phi) is 6.90. The van der Waals surface area contributed by atoms with Gasteiger partial charge in [-0.1, -0.05) is 24.3 Å². The van der Waals surface area contributed by atoms with Gasteiger partial charge in [0.1, 0.15) is 17.7 Å². The van der Waals surface area contributed by atoms with Crippen LogP contribution in [0.5, 0.6) is 5.75 Å². The fraction of sp³-hybridized carbons (Fsp3) is 0.300. The molecule has 0 aliphatic heterocycles. The van der Waals surface area contributed by atoms with Crippen molar-refractivity contribution in [3.8, 4) is 5.75 Å². The van der Waals surface area contributed by atoms with Crippen molar-refractivity contribution in [2.24, 2.45) is 0 Å². The number of aliphatic carboxylic acids is 1. The second kappa shape index (κ2) is 9.14. The van der Waals surface area contributed by atoms with Crippen molar-refractivity contribution in [2.45, 2.75) is 32.6 Å². The number of aryl methyl sites for hydroxylation is 1. The van der Waals surface area contributed by atoms with E-state index in [-0.39, 0.29) is 12.2 Å². The van der Waals surface area contributed by atoms with E-state index in [0.29, 0.717) is 11.3 Å².